The molecule has 162 valence electrons. The van der Waals surface area contributed by atoms with Crippen LogP contribution in [0.1, 0.15) is 46.6 Å². The average molecular weight is 484 g/mol. The molecule has 0 amide bonds. The molecular formula is C22H26BrN7O. The van der Waals surface area contributed by atoms with Crippen LogP contribution in [0.15, 0.2) is 36.5 Å². The summed E-state index contributed by atoms with van der Waals surface area (Å²) >= 11 is 0. The van der Waals surface area contributed by atoms with Crippen LogP contribution in [0.5, 0.6) is 5.75 Å². The van der Waals surface area contributed by atoms with Gasteiger partial charge in [-0.05, 0) is 58.7 Å². The van der Waals surface area contributed by atoms with E-state index in [1.54, 1.807) is 12.3 Å². The van der Waals surface area contributed by atoms with Gasteiger partial charge in [-0.3, -0.25) is 4.98 Å². The third-order valence-corrected chi connectivity index (χ3v) is 5.73. The molecule has 3 aromatic heterocycles. The lowest BCUT2D eigenvalue weighted by molar-refractivity contribution is 0.127. The zero-order chi connectivity index (χ0) is 21.1. The second kappa shape index (κ2) is 7.49. The van der Waals surface area contributed by atoms with Crippen molar-refractivity contribution in [2.45, 2.75) is 57.7 Å². The van der Waals surface area contributed by atoms with Gasteiger partial charge in [0, 0.05) is 34.3 Å². The molecule has 1 fully saturated rings. The van der Waals surface area contributed by atoms with Gasteiger partial charge in [0.25, 0.3) is 0 Å². The summed E-state index contributed by atoms with van der Waals surface area (Å²) in [6.07, 6.45) is 3.56. The number of piperidine rings is 1. The van der Waals surface area contributed by atoms with Gasteiger partial charge in [-0.1, -0.05) is 11.3 Å². The maximum atomic E-state index is 10.5. The molecule has 8 nitrogen and oxygen atoms in total. The normalized spacial score (nSPS) is 18.2. The van der Waals surface area contributed by atoms with E-state index in [1.165, 1.54) is 0 Å². The molecule has 0 bridgehead atoms. The van der Waals surface area contributed by atoms with Crippen LogP contribution in [-0.4, -0.2) is 46.4 Å². The second-order valence-electron chi connectivity index (χ2n) is 9.49. The number of hydrogen-bond acceptors (Lipinski definition) is 7. The number of rotatable bonds is 2. The number of benzene rings is 1. The molecule has 5 rings (SSSR count). The van der Waals surface area contributed by atoms with E-state index < -0.39 is 0 Å². The van der Waals surface area contributed by atoms with E-state index in [2.05, 4.69) is 58.5 Å². The fourth-order valence-electron chi connectivity index (χ4n) is 4.88. The molecule has 2 N–H and O–H groups in total. The van der Waals surface area contributed by atoms with Gasteiger partial charge in [-0.25, -0.2) is 4.68 Å². The van der Waals surface area contributed by atoms with Crippen molar-refractivity contribution < 1.29 is 5.11 Å². The van der Waals surface area contributed by atoms with Crippen molar-refractivity contribution >= 4 is 39.0 Å². The fourth-order valence-corrected chi connectivity index (χ4v) is 4.88. The predicted molar refractivity (Wildman–Crippen MR) is 125 cm³/mol. The van der Waals surface area contributed by atoms with E-state index in [9.17, 15) is 5.11 Å². The standard InChI is InChI=1S/C22H25N7O.BrH/c1-21(2)11-14(12-22(3,4)27-21)29-20-18(25-28-29)9-17(24-26-20)15-8-13-6-5-7-23-16(13)10-19(15)30;/h5-10,14,27,30H,11-12H2,1-4H3;1H. The first-order valence-corrected chi connectivity index (χ1v) is 10.2. The molecule has 1 aromatic carbocycles. The Hall–Kier alpha value is -2.65. The molecule has 1 saturated heterocycles. The third kappa shape index (κ3) is 3.99. The fraction of sp³-hybridized carbons (Fsp3) is 0.409. The van der Waals surface area contributed by atoms with E-state index in [4.69, 9.17) is 0 Å². The quantitative estimate of drug-likeness (QED) is 0.440. The number of nitrogens with zero attached hydrogens (tertiary/aromatic N) is 6. The number of aromatic nitrogens is 6. The minimum absolute atomic E-state index is 0. The van der Waals surface area contributed by atoms with Crippen LogP contribution < -0.4 is 5.32 Å². The van der Waals surface area contributed by atoms with Crippen molar-refractivity contribution in [2.24, 2.45) is 0 Å². The first kappa shape index (κ1) is 21.6. The highest BCUT2D eigenvalue weighted by Gasteiger charge is 2.39. The Kier molecular flexibility index (Phi) is 5.21. The summed E-state index contributed by atoms with van der Waals surface area (Å²) in [5, 5.41) is 32.8. The highest BCUT2D eigenvalue weighted by Crippen LogP contribution is 2.37. The number of hydrogen-bond donors (Lipinski definition) is 2. The van der Waals surface area contributed by atoms with Crippen LogP contribution >= 0.6 is 17.0 Å². The lowest BCUT2D eigenvalue weighted by Gasteiger charge is -2.46. The van der Waals surface area contributed by atoms with Gasteiger partial charge < -0.3 is 10.4 Å². The Bertz CT molecular complexity index is 1250. The molecule has 0 spiro atoms. The number of fused-ring (bicyclic) bond motifs is 2. The number of halogens is 1. The summed E-state index contributed by atoms with van der Waals surface area (Å²) in [6, 6.07) is 9.35. The van der Waals surface area contributed by atoms with Crippen LogP contribution in [-0.2, 0) is 0 Å². The highest BCUT2D eigenvalue weighted by molar-refractivity contribution is 8.93. The van der Waals surface area contributed by atoms with Gasteiger partial charge in [0.05, 0.1) is 17.3 Å². The van der Waals surface area contributed by atoms with Crippen molar-refractivity contribution in [3.8, 4) is 17.0 Å². The van der Waals surface area contributed by atoms with Crippen LogP contribution in [0.2, 0.25) is 0 Å². The van der Waals surface area contributed by atoms with Gasteiger partial charge >= 0.3 is 0 Å². The van der Waals surface area contributed by atoms with Crippen molar-refractivity contribution in [1.82, 2.24) is 35.5 Å². The summed E-state index contributed by atoms with van der Waals surface area (Å²) in [4.78, 5) is 4.28. The summed E-state index contributed by atoms with van der Waals surface area (Å²) in [5.41, 5.74) is 3.20. The Balaban J connectivity index is 0.00000231. The number of phenolic OH excluding ortho intramolecular Hbond substituents is 1. The molecule has 1 aliphatic heterocycles. The molecule has 0 radical (unpaired) electrons. The minimum Gasteiger partial charge on any atom is -0.507 e. The molecule has 0 aliphatic carbocycles. The van der Waals surface area contributed by atoms with Crippen molar-refractivity contribution in [1.29, 1.82) is 0 Å². The molecule has 0 atom stereocenters. The Morgan fingerprint density at radius 2 is 1.74 bits per heavy atom. The maximum absolute atomic E-state index is 10.5. The first-order valence-electron chi connectivity index (χ1n) is 10.2. The maximum Gasteiger partial charge on any atom is 0.201 e. The summed E-state index contributed by atoms with van der Waals surface area (Å²) in [5.74, 6) is 0.115. The Morgan fingerprint density at radius 1 is 1.00 bits per heavy atom. The molecule has 0 unspecified atom stereocenters. The van der Waals surface area contributed by atoms with Gasteiger partial charge in [0.2, 0.25) is 5.65 Å². The number of pyridine rings is 1. The molecule has 4 aromatic rings. The number of nitrogens with one attached hydrogen (secondary N) is 1. The smallest absolute Gasteiger partial charge is 0.201 e. The molecule has 1 aliphatic rings. The zero-order valence-electron chi connectivity index (χ0n) is 18.0. The summed E-state index contributed by atoms with van der Waals surface area (Å²) in [6.45, 7) is 8.84. The largest absolute Gasteiger partial charge is 0.507 e. The number of aromatic hydroxyl groups is 1. The van der Waals surface area contributed by atoms with E-state index in [0.717, 1.165) is 23.7 Å². The van der Waals surface area contributed by atoms with E-state index >= 15 is 0 Å². The molecule has 31 heavy (non-hydrogen) atoms. The van der Waals surface area contributed by atoms with E-state index in [-0.39, 0.29) is 39.9 Å². The van der Waals surface area contributed by atoms with E-state index in [1.807, 2.05) is 28.9 Å². The van der Waals surface area contributed by atoms with Gasteiger partial charge in [0.1, 0.15) is 11.3 Å². The average Bonchev–Trinajstić information content (AvgIpc) is 3.08. The molecule has 9 heteroatoms. The van der Waals surface area contributed by atoms with Gasteiger partial charge in [-0.15, -0.1) is 32.3 Å². The highest BCUT2D eigenvalue weighted by atomic mass is 79.9. The van der Waals surface area contributed by atoms with Crippen LogP contribution in [0, 0.1) is 0 Å². The molecule has 4 heterocycles. The van der Waals surface area contributed by atoms with Crippen molar-refractivity contribution in [3.63, 3.8) is 0 Å². The first-order chi connectivity index (χ1) is 14.2. The van der Waals surface area contributed by atoms with Crippen LogP contribution in [0.4, 0.5) is 0 Å². The van der Waals surface area contributed by atoms with Crippen LogP contribution in [0.3, 0.4) is 0 Å². The minimum atomic E-state index is -0.0109. The Morgan fingerprint density at radius 3 is 2.48 bits per heavy atom. The second-order valence-corrected chi connectivity index (χ2v) is 9.49. The summed E-state index contributed by atoms with van der Waals surface area (Å²) in [7, 11) is 0. The van der Waals surface area contributed by atoms with E-state index in [0.29, 0.717) is 22.4 Å². The SMILES string of the molecule is Br.CC1(C)CC(n2nnc3cc(-c4cc5cccnc5cc4O)nnc32)CC(C)(C)N1. The lowest BCUT2D eigenvalue weighted by atomic mass is 9.80. The monoisotopic (exact) mass is 483 g/mol. The van der Waals surface area contributed by atoms with Gasteiger partial charge in [-0.2, -0.15) is 0 Å². The van der Waals surface area contributed by atoms with Crippen LogP contribution in [0.25, 0.3) is 33.3 Å². The Labute approximate surface area is 190 Å². The molecule has 0 saturated carbocycles. The molecular weight excluding hydrogens is 458 g/mol. The van der Waals surface area contributed by atoms with Crippen molar-refractivity contribution in [3.05, 3.63) is 36.5 Å². The van der Waals surface area contributed by atoms with Crippen molar-refractivity contribution in [2.75, 3.05) is 0 Å². The number of phenols is 1. The summed E-state index contributed by atoms with van der Waals surface area (Å²) < 4.78 is 1.90. The topological polar surface area (TPSA) is 102 Å². The third-order valence-electron chi connectivity index (χ3n) is 5.73. The predicted octanol–water partition coefficient (Wildman–Crippen LogP) is 4.20. The lowest BCUT2D eigenvalue weighted by Crippen LogP contribution is -2.58. The van der Waals surface area contributed by atoms with Gasteiger partial charge in [0.15, 0.2) is 0 Å². The zero-order valence-corrected chi connectivity index (χ0v) is 19.7.